The van der Waals surface area contributed by atoms with Crippen molar-refractivity contribution in [2.75, 3.05) is 5.32 Å². The zero-order chi connectivity index (χ0) is 15.0. The van der Waals surface area contributed by atoms with Crippen LogP contribution in [0.25, 0.3) is 0 Å². The van der Waals surface area contributed by atoms with Gasteiger partial charge in [-0.2, -0.15) is 0 Å². The average molecular weight is 279 g/mol. The van der Waals surface area contributed by atoms with E-state index in [0.717, 1.165) is 12.8 Å². The molecule has 4 N–H and O–H groups in total. The Balaban J connectivity index is 3.05. The standard InChI is InChI=1S/C13H21N5O2/c1-3-5-13(6-4-2,11(14)18-20)12(19)17-10-7-15-9-16-8-10/h7-9,20H,3-6H2,1-2H3,(H2,14,18)(H,17,19). The zero-order valence-electron chi connectivity index (χ0n) is 11.8. The molecule has 110 valence electrons. The number of rotatable bonds is 7. The molecule has 0 fully saturated rings. The van der Waals surface area contributed by atoms with E-state index in [2.05, 4.69) is 20.4 Å². The highest BCUT2D eigenvalue weighted by Gasteiger charge is 2.41. The first kappa shape index (κ1) is 15.9. The smallest absolute Gasteiger partial charge is 0.238 e. The van der Waals surface area contributed by atoms with Crippen LogP contribution in [0.5, 0.6) is 0 Å². The van der Waals surface area contributed by atoms with Gasteiger partial charge in [-0.15, -0.1) is 0 Å². The lowest BCUT2D eigenvalue weighted by molar-refractivity contribution is -0.123. The number of carbonyl (C=O) groups is 1. The van der Waals surface area contributed by atoms with Crippen molar-refractivity contribution in [3.8, 4) is 0 Å². The fourth-order valence-corrected chi connectivity index (χ4v) is 2.29. The highest BCUT2D eigenvalue weighted by atomic mass is 16.4. The summed E-state index contributed by atoms with van der Waals surface area (Å²) >= 11 is 0. The van der Waals surface area contributed by atoms with Crippen LogP contribution in [0.2, 0.25) is 0 Å². The Bertz CT molecular complexity index is 455. The third-order valence-corrected chi connectivity index (χ3v) is 3.20. The zero-order valence-corrected chi connectivity index (χ0v) is 11.8. The van der Waals surface area contributed by atoms with Crippen molar-refractivity contribution in [3.63, 3.8) is 0 Å². The predicted molar refractivity (Wildman–Crippen MR) is 76.3 cm³/mol. The molecule has 1 rings (SSSR count). The minimum absolute atomic E-state index is 0.0597. The van der Waals surface area contributed by atoms with Gasteiger partial charge in [-0.05, 0) is 12.8 Å². The molecule has 0 aromatic carbocycles. The molecule has 0 unspecified atom stereocenters. The van der Waals surface area contributed by atoms with Crippen molar-refractivity contribution in [2.24, 2.45) is 16.3 Å². The van der Waals surface area contributed by atoms with Crippen LogP contribution in [0.15, 0.2) is 23.9 Å². The minimum atomic E-state index is -1.01. The van der Waals surface area contributed by atoms with Crippen molar-refractivity contribution in [1.29, 1.82) is 0 Å². The van der Waals surface area contributed by atoms with Crippen LogP contribution in [0.4, 0.5) is 5.69 Å². The Morgan fingerprint density at radius 2 is 1.90 bits per heavy atom. The molecule has 0 atom stereocenters. The Labute approximate surface area is 118 Å². The van der Waals surface area contributed by atoms with Crippen molar-refractivity contribution in [2.45, 2.75) is 39.5 Å². The largest absolute Gasteiger partial charge is 0.409 e. The Kier molecular flexibility index (Phi) is 5.89. The van der Waals surface area contributed by atoms with Gasteiger partial charge in [0.1, 0.15) is 11.7 Å². The summed E-state index contributed by atoms with van der Waals surface area (Å²) in [6.07, 6.45) is 6.89. The van der Waals surface area contributed by atoms with Gasteiger partial charge in [0, 0.05) is 0 Å². The fraction of sp³-hybridized carbons (Fsp3) is 0.538. The number of amides is 1. The molecule has 1 aromatic heterocycles. The van der Waals surface area contributed by atoms with E-state index in [9.17, 15) is 4.79 Å². The molecule has 0 aliphatic heterocycles. The topological polar surface area (TPSA) is 113 Å². The van der Waals surface area contributed by atoms with Gasteiger partial charge in [-0.3, -0.25) is 4.79 Å². The first-order chi connectivity index (χ1) is 9.60. The van der Waals surface area contributed by atoms with E-state index in [4.69, 9.17) is 10.9 Å². The van der Waals surface area contributed by atoms with Gasteiger partial charge in [0.25, 0.3) is 0 Å². The average Bonchev–Trinajstić information content (AvgIpc) is 2.47. The number of aromatic nitrogens is 2. The summed E-state index contributed by atoms with van der Waals surface area (Å²) in [4.78, 5) is 20.3. The van der Waals surface area contributed by atoms with Crippen LogP contribution in [0.1, 0.15) is 39.5 Å². The maximum atomic E-state index is 12.6. The van der Waals surface area contributed by atoms with Gasteiger partial charge in [0.2, 0.25) is 5.91 Å². The number of amidine groups is 1. The number of nitrogens with two attached hydrogens (primary N) is 1. The first-order valence-corrected chi connectivity index (χ1v) is 6.65. The number of oxime groups is 1. The van der Waals surface area contributed by atoms with E-state index in [1.807, 2.05) is 13.8 Å². The van der Waals surface area contributed by atoms with Crippen molar-refractivity contribution in [1.82, 2.24) is 9.97 Å². The van der Waals surface area contributed by atoms with Gasteiger partial charge < -0.3 is 16.3 Å². The van der Waals surface area contributed by atoms with Crippen LogP contribution in [-0.2, 0) is 4.79 Å². The third kappa shape index (κ3) is 3.43. The molecule has 0 aliphatic carbocycles. The van der Waals surface area contributed by atoms with Crippen LogP contribution in [0, 0.1) is 5.41 Å². The normalized spacial score (nSPS) is 12.2. The van der Waals surface area contributed by atoms with Crippen LogP contribution < -0.4 is 11.1 Å². The van der Waals surface area contributed by atoms with Crippen LogP contribution >= 0.6 is 0 Å². The monoisotopic (exact) mass is 279 g/mol. The molecule has 0 bridgehead atoms. The van der Waals surface area contributed by atoms with E-state index in [0.29, 0.717) is 18.5 Å². The molecular formula is C13H21N5O2. The second-order valence-electron chi connectivity index (χ2n) is 4.65. The highest BCUT2D eigenvalue weighted by molar-refractivity contribution is 6.11. The SMILES string of the molecule is CCCC(CCC)(C(=O)Nc1cncnc1)C(N)=NO. The number of nitrogens with zero attached hydrogens (tertiary/aromatic N) is 3. The third-order valence-electron chi connectivity index (χ3n) is 3.20. The summed E-state index contributed by atoms with van der Waals surface area (Å²) in [5.74, 6) is -0.359. The van der Waals surface area contributed by atoms with E-state index < -0.39 is 5.41 Å². The van der Waals surface area contributed by atoms with E-state index in [1.165, 1.54) is 18.7 Å². The summed E-state index contributed by atoms with van der Waals surface area (Å²) in [5.41, 5.74) is 5.27. The number of hydrogen-bond acceptors (Lipinski definition) is 5. The summed E-state index contributed by atoms with van der Waals surface area (Å²) in [7, 11) is 0. The molecule has 0 saturated carbocycles. The van der Waals surface area contributed by atoms with E-state index in [-0.39, 0.29) is 11.7 Å². The lowest BCUT2D eigenvalue weighted by Crippen LogP contribution is -2.47. The lowest BCUT2D eigenvalue weighted by Gasteiger charge is -2.30. The second-order valence-corrected chi connectivity index (χ2v) is 4.65. The quantitative estimate of drug-likeness (QED) is 0.304. The molecule has 7 nitrogen and oxygen atoms in total. The van der Waals surface area contributed by atoms with E-state index in [1.54, 1.807) is 0 Å². The maximum Gasteiger partial charge on any atom is 0.238 e. The number of nitrogens with one attached hydrogen (secondary N) is 1. The number of hydrogen-bond donors (Lipinski definition) is 3. The molecule has 1 aromatic rings. The maximum absolute atomic E-state index is 12.6. The molecule has 20 heavy (non-hydrogen) atoms. The Morgan fingerprint density at radius 3 is 2.35 bits per heavy atom. The van der Waals surface area contributed by atoms with Crippen molar-refractivity contribution < 1.29 is 10.0 Å². The Hall–Kier alpha value is -2.18. The fourth-order valence-electron chi connectivity index (χ4n) is 2.29. The van der Waals surface area contributed by atoms with Crippen molar-refractivity contribution >= 4 is 17.4 Å². The molecule has 0 spiro atoms. The van der Waals surface area contributed by atoms with Gasteiger partial charge in [-0.25, -0.2) is 9.97 Å². The number of carbonyl (C=O) groups excluding carboxylic acids is 1. The highest BCUT2D eigenvalue weighted by Crippen LogP contribution is 2.32. The molecule has 0 saturated heterocycles. The second kappa shape index (κ2) is 7.42. The van der Waals surface area contributed by atoms with Gasteiger partial charge in [-0.1, -0.05) is 31.8 Å². The summed E-state index contributed by atoms with van der Waals surface area (Å²) in [6.45, 7) is 3.90. The van der Waals surface area contributed by atoms with Crippen LogP contribution in [-0.4, -0.2) is 26.9 Å². The molecule has 1 heterocycles. The van der Waals surface area contributed by atoms with Crippen LogP contribution in [0.3, 0.4) is 0 Å². The first-order valence-electron chi connectivity index (χ1n) is 6.65. The molecule has 0 aliphatic rings. The predicted octanol–water partition coefficient (Wildman–Crippen LogP) is 1.75. The Morgan fingerprint density at radius 1 is 1.35 bits per heavy atom. The van der Waals surface area contributed by atoms with E-state index >= 15 is 0 Å². The molecule has 7 heteroatoms. The summed E-state index contributed by atoms with van der Waals surface area (Å²) in [6, 6.07) is 0. The summed E-state index contributed by atoms with van der Waals surface area (Å²) in [5, 5.41) is 14.8. The molecular weight excluding hydrogens is 258 g/mol. The van der Waals surface area contributed by atoms with Gasteiger partial charge >= 0.3 is 0 Å². The summed E-state index contributed by atoms with van der Waals surface area (Å²) < 4.78 is 0. The van der Waals surface area contributed by atoms with Gasteiger partial charge in [0.15, 0.2) is 5.84 Å². The molecule has 1 amide bonds. The van der Waals surface area contributed by atoms with Gasteiger partial charge in [0.05, 0.1) is 18.1 Å². The lowest BCUT2D eigenvalue weighted by atomic mass is 9.77. The molecule has 0 radical (unpaired) electrons. The number of anilines is 1. The van der Waals surface area contributed by atoms with Crippen molar-refractivity contribution in [3.05, 3.63) is 18.7 Å². The minimum Gasteiger partial charge on any atom is -0.409 e.